The van der Waals surface area contributed by atoms with Gasteiger partial charge in [-0.05, 0) is 36.7 Å². The third-order valence-corrected chi connectivity index (χ3v) is 3.08. The van der Waals surface area contributed by atoms with Crippen LogP contribution in [0.2, 0.25) is 0 Å². The van der Waals surface area contributed by atoms with E-state index in [2.05, 4.69) is 6.08 Å². The van der Waals surface area contributed by atoms with Crippen LogP contribution in [0.15, 0.2) is 11.6 Å². The summed E-state index contributed by atoms with van der Waals surface area (Å²) in [6.07, 6.45) is 7.37. The minimum absolute atomic E-state index is 0.565. The summed E-state index contributed by atoms with van der Waals surface area (Å²) in [5.74, 6) is 1.86. The maximum Gasteiger partial charge on any atom is 0.102 e. The van der Waals surface area contributed by atoms with E-state index in [1.807, 2.05) is 0 Å². The molecule has 3 aliphatic rings. The van der Waals surface area contributed by atoms with Gasteiger partial charge in [0.2, 0.25) is 0 Å². The van der Waals surface area contributed by atoms with E-state index < -0.39 is 0 Å². The lowest BCUT2D eigenvalue weighted by atomic mass is 9.96. The summed E-state index contributed by atoms with van der Waals surface area (Å²) < 4.78 is 5.28. The molecule has 54 valence electrons. The number of ether oxygens (including phenoxy) is 1. The first-order chi connectivity index (χ1) is 4.93. The Bertz CT molecular complexity index is 191. The van der Waals surface area contributed by atoms with Crippen molar-refractivity contribution in [3.8, 4) is 0 Å². The summed E-state index contributed by atoms with van der Waals surface area (Å²) in [4.78, 5) is 0. The van der Waals surface area contributed by atoms with Crippen molar-refractivity contribution < 1.29 is 4.74 Å². The molecule has 3 atom stereocenters. The molecule has 0 radical (unpaired) electrons. The van der Waals surface area contributed by atoms with Gasteiger partial charge in [-0.1, -0.05) is 6.08 Å². The standard InChI is InChI=1S/C9H12O/c1-2-7-3-6(1)4-8(7)9-5-10-9/h4,6-7,9H,1-3,5H2. The molecule has 1 nitrogen and oxygen atoms in total. The van der Waals surface area contributed by atoms with E-state index in [0.29, 0.717) is 6.10 Å². The van der Waals surface area contributed by atoms with Crippen molar-refractivity contribution >= 4 is 0 Å². The molecule has 1 heterocycles. The third-order valence-electron chi connectivity index (χ3n) is 3.08. The molecule has 2 aliphatic carbocycles. The molecule has 1 saturated carbocycles. The highest BCUT2D eigenvalue weighted by atomic mass is 16.6. The summed E-state index contributed by atoms with van der Waals surface area (Å²) in [6, 6.07) is 0. The van der Waals surface area contributed by atoms with Crippen LogP contribution in [0, 0.1) is 11.8 Å². The Labute approximate surface area is 61.1 Å². The van der Waals surface area contributed by atoms with Crippen LogP contribution in [0.4, 0.5) is 0 Å². The van der Waals surface area contributed by atoms with Crippen molar-refractivity contribution in [1.29, 1.82) is 0 Å². The third kappa shape index (κ3) is 0.615. The second kappa shape index (κ2) is 1.65. The molecule has 3 rings (SSSR count). The second-order valence-corrected chi connectivity index (χ2v) is 3.76. The van der Waals surface area contributed by atoms with Gasteiger partial charge in [-0.3, -0.25) is 0 Å². The Morgan fingerprint density at radius 3 is 2.80 bits per heavy atom. The molecule has 2 fully saturated rings. The van der Waals surface area contributed by atoms with Crippen LogP contribution in [0.1, 0.15) is 19.3 Å². The summed E-state index contributed by atoms with van der Waals surface area (Å²) in [5.41, 5.74) is 1.65. The van der Waals surface area contributed by atoms with E-state index in [9.17, 15) is 0 Å². The lowest BCUT2D eigenvalue weighted by molar-refractivity contribution is 0.415. The van der Waals surface area contributed by atoms with E-state index in [1.54, 1.807) is 5.57 Å². The summed E-state index contributed by atoms with van der Waals surface area (Å²) in [5, 5.41) is 0. The van der Waals surface area contributed by atoms with E-state index in [0.717, 1.165) is 18.4 Å². The number of allylic oxidation sites excluding steroid dienone is 1. The highest BCUT2D eigenvalue weighted by Crippen LogP contribution is 2.47. The maximum atomic E-state index is 5.28. The summed E-state index contributed by atoms with van der Waals surface area (Å²) in [6.45, 7) is 1.01. The molecule has 0 aromatic heterocycles. The molecular formula is C9H12O. The summed E-state index contributed by atoms with van der Waals surface area (Å²) >= 11 is 0. The molecule has 3 unspecified atom stereocenters. The van der Waals surface area contributed by atoms with Crippen molar-refractivity contribution in [3.63, 3.8) is 0 Å². The highest BCUT2D eigenvalue weighted by molar-refractivity contribution is 5.25. The van der Waals surface area contributed by atoms with Crippen LogP contribution >= 0.6 is 0 Å². The van der Waals surface area contributed by atoms with Gasteiger partial charge in [-0.2, -0.15) is 0 Å². The normalized spacial score (nSPS) is 49.6. The number of epoxide rings is 1. The van der Waals surface area contributed by atoms with Crippen molar-refractivity contribution in [2.75, 3.05) is 6.61 Å². The van der Waals surface area contributed by atoms with Crippen LogP contribution in [0.5, 0.6) is 0 Å². The molecule has 1 aliphatic heterocycles. The summed E-state index contributed by atoms with van der Waals surface area (Å²) in [7, 11) is 0. The van der Waals surface area contributed by atoms with E-state index in [-0.39, 0.29) is 0 Å². The zero-order valence-electron chi connectivity index (χ0n) is 6.05. The number of hydrogen-bond donors (Lipinski definition) is 0. The zero-order chi connectivity index (χ0) is 6.55. The predicted octanol–water partition coefficient (Wildman–Crippen LogP) is 1.74. The van der Waals surface area contributed by atoms with Gasteiger partial charge in [0, 0.05) is 0 Å². The smallest absolute Gasteiger partial charge is 0.102 e. The van der Waals surface area contributed by atoms with Crippen molar-refractivity contribution in [2.45, 2.75) is 25.4 Å². The largest absolute Gasteiger partial charge is 0.368 e. The fraction of sp³-hybridized carbons (Fsp3) is 0.778. The SMILES string of the molecule is C1=C(C2CO2)C2CCC1C2. The predicted molar refractivity (Wildman–Crippen MR) is 38.7 cm³/mol. The quantitative estimate of drug-likeness (QED) is 0.395. The maximum absolute atomic E-state index is 5.28. The van der Waals surface area contributed by atoms with Gasteiger partial charge in [-0.25, -0.2) is 0 Å². The molecule has 0 aromatic rings. The molecule has 0 spiro atoms. The van der Waals surface area contributed by atoms with Crippen LogP contribution < -0.4 is 0 Å². The minimum Gasteiger partial charge on any atom is -0.368 e. The minimum atomic E-state index is 0.565. The average molecular weight is 136 g/mol. The monoisotopic (exact) mass is 136 g/mol. The first-order valence-corrected chi connectivity index (χ1v) is 4.26. The fourth-order valence-electron chi connectivity index (χ4n) is 2.49. The van der Waals surface area contributed by atoms with Gasteiger partial charge < -0.3 is 4.74 Å². The van der Waals surface area contributed by atoms with Crippen molar-refractivity contribution in [3.05, 3.63) is 11.6 Å². The van der Waals surface area contributed by atoms with Crippen LogP contribution in [-0.4, -0.2) is 12.7 Å². The Hall–Kier alpha value is -0.300. The zero-order valence-corrected chi connectivity index (χ0v) is 6.05. The topological polar surface area (TPSA) is 12.5 Å². The van der Waals surface area contributed by atoms with E-state index in [4.69, 9.17) is 4.74 Å². The van der Waals surface area contributed by atoms with Gasteiger partial charge >= 0.3 is 0 Å². The van der Waals surface area contributed by atoms with Gasteiger partial charge in [0.25, 0.3) is 0 Å². The first kappa shape index (κ1) is 5.36. The molecule has 10 heavy (non-hydrogen) atoms. The number of rotatable bonds is 1. The van der Waals surface area contributed by atoms with Crippen LogP contribution in [0.3, 0.4) is 0 Å². The van der Waals surface area contributed by atoms with Crippen LogP contribution in [0.25, 0.3) is 0 Å². The molecule has 1 heteroatoms. The number of fused-ring (bicyclic) bond motifs is 2. The molecular weight excluding hydrogens is 124 g/mol. The lowest BCUT2D eigenvalue weighted by Gasteiger charge is -2.09. The van der Waals surface area contributed by atoms with E-state index in [1.165, 1.54) is 19.3 Å². The molecule has 0 aromatic carbocycles. The van der Waals surface area contributed by atoms with Crippen LogP contribution in [-0.2, 0) is 4.74 Å². The molecule has 0 amide bonds. The van der Waals surface area contributed by atoms with Crippen molar-refractivity contribution in [1.82, 2.24) is 0 Å². The molecule has 2 bridgehead atoms. The molecule has 1 saturated heterocycles. The Balaban J connectivity index is 1.90. The average Bonchev–Trinajstić information content (AvgIpc) is 2.60. The van der Waals surface area contributed by atoms with Gasteiger partial charge in [0.15, 0.2) is 0 Å². The molecule has 0 N–H and O–H groups in total. The number of hydrogen-bond acceptors (Lipinski definition) is 1. The lowest BCUT2D eigenvalue weighted by Crippen LogP contribution is -2.02. The Morgan fingerprint density at radius 2 is 2.30 bits per heavy atom. The van der Waals surface area contributed by atoms with Gasteiger partial charge in [-0.15, -0.1) is 0 Å². The highest BCUT2D eigenvalue weighted by Gasteiger charge is 2.40. The Kier molecular flexibility index (Phi) is 0.883. The van der Waals surface area contributed by atoms with Crippen molar-refractivity contribution in [2.24, 2.45) is 11.8 Å². The van der Waals surface area contributed by atoms with Gasteiger partial charge in [0.1, 0.15) is 6.10 Å². The second-order valence-electron chi connectivity index (χ2n) is 3.76. The fourth-order valence-corrected chi connectivity index (χ4v) is 2.49. The first-order valence-electron chi connectivity index (χ1n) is 4.26. The van der Waals surface area contributed by atoms with E-state index >= 15 is 0 Å². The Morgan fingerprint density at radius 1 is 1.40 bits per heavy atom. The van der Waals surface area contributed by atoms with Gasteiger partial charge in [0.05, 0.1) is 6.61 Å².